The highest BCUT2D eigenvalue weighted by atomic mass is 35.5. The molecular weight excluding hydrogens is 550 g/mol. The van der Waals surface area contributed by atoms with E-state index in [1.165, 1.54) is 18.9 Å². The Bertz CT molecular complexity index is 1530. The van der Waals surface area contributed by atoms with E-state index in [9.17, 15) is 10.1 Å². The van der Waals surface area contributed by atoms with Crippen LogP contribution < -0.4 is 14.5 Å². The summed E-state index contributed by atoms with van der Waals surface area (Å²) in [5, 5.41) is 12.4. The molecule has 1 saturated heterocycles. The van der Waals surface area contributed by atoms with Crippen molar-refractivity contribution in [2.75, 3.05) is 56.2 Å². The molecule has 0 bridgehead atoms. The predicted octanol–water partition coefficient (Wildman–Crippen LogP) is 4.44. The lowest BCUT2D eigenvalue weighted by atomic mass is 10.0. The van der Waals surface area contributed by atoms with Crippen LogP contribution in [0.25, 0.3) is 10.8 Å². The number of nitriles is 1. The summed E-state index contributed by atoms with van der Waals surface area (Å²) in [7, 11) is 2.13. The number of carbonyl (C=O) groups is 1. The maximum atomic E-state index is 12.5. The molecule has 1 amide bonds. The average molecular weight is 586 g/mol. The molecule has 1 aromatic heterocycles. The number of hydrogen-bond acceptors (Lipinski definition) is 8. The number of benzene rings is 2. The summed E-state index contributed by atoms with van der Waals surface area (Å²) in [6, 6.07) is 15.3. The van der Waals surface area contributed by atoms with Gasteiger partial charge >= 0.3 is 6.01 Å². The fraction of sp³-hybridized carbons (Fsp3) is 0.438. The highest BCUT2D eigenvalue weighted by Gasteiger charge is 2.33. The van der Waals surface area contributed by atoms with E-state index in [2.05, 4.69) is 58.7 Å². The largest absolute Gasteiger partial charge is 0.462 e. The van der Waals surface area contributed by atoms with Gasteiger partial charge in [-0.25, -0.2) is 0 Å². The van der Waals surface area contributed by atoms with E-state index in [1.807, 2.05) is 12.1 Å². The topological polar surface area (TPSA) is 88.8 Å². The standard InChI is InChI=1S/C32H36ClN7O2/c1-3-29(41)40-17-16-39(20-24(40)12-14-34)31-25-13-15-38(28-9-5-7-22-6-4-8-26(33)30(22)28)21-27(25)35-32(36-31)42-19-18-37(2)23-10-11-23/h3-9,23-24H,1,10-13,15-21H2,2H3/t24-/m0/s1. The van der Waals surface area contributed by atoms with Crippen LogP contribution in [0.1, 0.15) is 30.5 Å². The fourth-order valence-electron chi connectivity index (χ4n) is 6.17. The number of hydrogen-bond donors (Lipinski definition) is 0. The maximum absolute atomic E-state index is 12.5. The summed E-state index contributed by atoms with van der Waals surface area (Å²) in [5.41, 5.74) is 3.12. The second-order valence-electron chi connectivity index (χ2n) is 11.3. The molecule has 3 aliphatic rings. The first kappa shape index (κ1) is 28.3. The van der Waals surface area contributed by atoms with Gasteiger partial charge in [-0.2, -0.15) is 15.2 Å². The Kier molecular flexibility index (Phi) is 8.18. The van der Waals surface area contributed by atoms with Crippen molar-refractivity contribution in [2.45, 2.75) is 44.3 Å². The van der Waals surface area contributed by atoms with Gasteiger partial charge in [-0.1, -0.05) is 42.4 Å². The van der Waals surface area contributed by atoms with Crippen LogP contribution in [0.2, 0.25) is 5.02 Å². The first-order chi connectivity index (χ1) is 20.5. The van der Waals surface area contributed by atoms with Crippen molar-refractivity contribution in [3.05, 3.63) is 65.3 Å². The van der Waals surface area contributed by atoms with Crippen LogP contribution in [-0.2, 0) is 17.8 Å². The van der Waals surface area contributed by atoms with E-state index in [0.717, 1.165) is 58.1 Å². The molecule has 1 aliphatic carbocycles. The molecule has 0 radical (unpaired) electrons. The smallest absolute Gasteiger partial charge is 0.318 e. The Labute approximate surface area is 251 Å². The zero-order valence-corrected chi connectivity index (χ0v) is 24.8. The normalized spacial score (nSPS) is 18.6. The molecule has 0 N–H and O–H groups in total. The number of likely N-dealkylation sites (N-methyl/N-ethyl adjacent to an activating group) is 1. The number of ether oxygens (including phenoxy) is 1. The zero-order chi connectivity index (χ0) is 29.2. The molecule has 1 atom stereocenters. The van der Waals surface area contributed by atoms with Crippen LogP contribution in [-0.4, -0.2) is 84.1 Å². The van der Waals surface area contributed by atoms with Gasteiger partial charge in [0, 0.05) is 55.4 Å². The van der Waals surface area contributed by atoms with Crippen molar-refractivity contribution in [3.63, 3.8) is 0 Å². The van der Waals surface area contributed by atoms with Crippen LogP contribution in [0.4, 0.5) is 11.5 Å². The number of amides is 1. The number of rotatable bonds is 9. The van der Waals surface area contributed by atoms with E-state index >= 15 is 0 Å². The summed E-state index contributed by atoms with van der Waals surface area (Å²) in [5.74, 6) is 0.697. The van der Waals surface area contributed by atoms with Crippen LogP contribution in [0, 0.1) is 11.3 Å². The molecule has 42 heavy (non-hydrogen) atoms. The van der Waals surface area contributed by atoms with E-state index in [-0.39, 0.29) is 18.4 Å². The number of nitrogens with zero attached hydrogens (tertiary/aromatic N) is 7. The second kappa shape index (κ2) is 12.2. The van der Waals surface area contributed by atoms with Crippen molar-refractivity contribution in [1.82, 2.24) is 19.8 Å². The number of halogens is 1. The molecule has 2 aliphatic heterocycles. The minimum Gasteiger partial charge on any atom is -0.462 e. The van der Waals surface area contributed by atoms with Gasteiger partial charge in [-0.15, -0.1) is 0 Å². The monoisotopic (exact) mass is 585 g/mol. The third-order valence-electron chi connectivity index (χ3n) is 8.61. The highest BCUT2D eigenvalue weighted by molar-refractivity contribution is 6.36. The van der Waals surface area contributed by atoms with E-state index in [0.29, 0.717) is 44.8 Å². The Morgan fingerprint density at radius 1 is 1.19 bits per heavy atom. The van der Waals surface area contributed by atoms with Gasteiger partial charge in [-0.3, -0.25) is 4.79 Å². The quantitative estimate of drug-likeness (QED) is 0.341. The van der Waals surface area contributed by atoms with Gasteiger partial charge < -0.3 is 24.3 Å². The molecule has 0 unspecified atom stereocenters. The molecule has 3 heterocycles. The molecule has 6 rings (SSSR count). The summed E-state index contributed by atoms with van der Waals surface area (Å²) in [4.78, 5) is 31.0. The van der Waals surface area contributed by atoms with Crippen molar-refractivity contribution in [1.29, 1.82) is 5.26 Å². The molecule has 2 aromatic carbocycles. The lowest BCUT2D eigenvalue weighted by Crippen LogP contribution is -2.55. The summed E-state index contributed by atoms with van der Waals surface area (Å²) in [6.07, 6.45) is 4.81. The average Bonchev–Trinajstić information content (AvgIpc) is 3.86. The Balaban J connectivity index is 1.31. The maximum Gasteiger partial charge on any atom is 0.318 e. The van der Waals surface area contributed by atoms with Gasteiger partial charge in [0.05, 0.1) is 35.8 Å². The van der Waals surface area contributed by atoms with Crippen molar-refractivity contribution in [2.24, 2.45) is 0 Å². The molecule has 10 heteroatoms. The summed E-state index contributed by atoms with van der Waals surface area (Å²) < 4.78 is 6.17. The van der Waals surface area contributed by atoms with Crippen molar-refractivity contribution >= 4 is 39.8 Å². The van der Waals surface area contributed by atoms with Gasteiger partial charge in [0.1, 0.15) is 12.4 Å². The first-order valence-corrected chi connectivity index (χ1v) is 15.0. The fourth-order valence-corrected chi connectivity index (χ4v) is 6.45. The third kappa shape index (κ3) is 5.74. The minimum absolute atomic E-state index is 0.146. The number of aromatic nitrogens is 2. The number of piperazine rings is 1. The summed E-state index contributed by atoms with van der Waals surface area (Å²) in [6.45, 7) is 7.98. The lowest BCUT2D eigenvalue weighted by molar-refractivity contribution is -0.128. The Hall–Kier alpha value is -3.87. The minimum atomic E-state index is -0.241. The third-order valence-corrected chi connectivity index (χ3v) is 8.92. The molecular formula is C32H36ClN7O2. The number of carbonyl (C=O) groups excluding carboxylic acids is 1. The molecule has 3 aromatic rings. The molecule has 1 saturated carbocycles. The second-order valence-corrected chi connectivity index (χ2v) is 11.7. The van der Waals surface area contributed by atoms with Crippen LogP contribution in [0.3, 0.4) is 0 Å². The molecule has 2 fully saturated rings. The van der Waals surface area contributed by atoms with Crippen LogP contribution in [0.15, 0.2) is 49.1 Å². The van der Waals surface area contributed by atoms with E-state index in [4.69, 9.17) is 26.3 Å². The van der Waals surface area contributed by atoms with E-state index in [1.54, 1.807) is 4.90 Å². The highest BCUT2D eigenvalue weighted by Crippen LogP contribution is 2.37. The molecule has 218 valence electrons. The lowest BCUT2D eigenvalue weighted by Gasteiger charge is -2.42. The van der Waals surface area contributed by atoms with Crippen molar-refractivity contribution in [3.8, 4) is 12.1 Å². The number of anilines is 2. The van der Waals surface area contributed by atoms with Crippen LogP contribution >= 0.6 is 11.6 Å². The zero-order valence-electron chi connectivity index (χ0n) is 24.0. The van der Waals surface area contributed by atoms with E-state index < -0.39 is 0 Å². The van der Waals surface area contributed by atoms with Gasteiger partial charge in [0.15, 0.2) is 0 Å². The van der Waals surface area contributed by atoms with Gasteiger partial charge in [0.2, 0.25) is 5.91 Å². The SMILES string of the molecule is C=CC(=O)N1CCN(c2nc(OCCN(C)C3CC3)nc3c2CCN(c2cccc4cccc(Cl)c24)C3)C[C@@H]1CC#N. The van der Waals surface area contributed by atoms with Crippen molar-refractivity contribution < 1.29 is 9.53 Å². The van der Waals surface area contributed by atoms with Gasteiger partial charge in [-0.05, 0) is 49.9 Å². The summed E-state index contributed by atoms with van der Waals surface area (Å²) >= 11 is 6.69. The molecule has 9 nitrogen and oxygen atoms in total. The number of fused-ring (bicyclic) bond motifs is 2. The predicted molar refractivity (Wildman–Crippen MR) is 165 cm³/mol. The van der Waals surface area contributed by atoms with Gasteiger partial charge in [0.25, 0.3) is 0 Å². The Morgan fingerprint density at radius 2 is 2.00 bits per heavy atom. The first-order valence-electron chi connectivity index (χ1n) is 14.7. The molecule has 0 spiro atoms. The Morgan fingerprint density at radius 3 is 2.76 bits per heavy atom. The van der Waals surface area contributed by atoms with Crippen LogP contribution in [0.5, 0.6) is 6.01 Å².